The van der Waals surface area contributed by atoms with Crippen LogP contribution in [0.15, 0.2) is 24.3 Å². The molecule has 2 amide bonds. The third kappa shape index (κ3) is 2.93. The van der Waals surface area contributed by atoms with Crippen molar-refractivity contribution in [2.75, 3.05) is 38.2 Å². The zero-order valence-electron chi connectivity index (χ0n) is 16.5. The van der Waals surface area contributed by atoms with Crippen LogP contribution in [0.4, 0.5) is 5.69 Å². The summed E-state index contributed by atoms with van der Waals surface area (Å²) in [4.78, 5) is 32.5. The van der Waals surface area contributed by atoms with Crippen LogP contribution < -0.4 is 9.64 Å². The van der Waals surface area contributed by atoms with Crippen LogP contribution in [0.5, 0.6) is 5.75 Å². The number of rotatable bonds is 4. The average Bonchev–Trinajstić information content (AvgIpc) is 3.40. The van der Waals surface area contributed by atoms with Gasteiger partial charge in [-0.2, -0.15) is 0 Å². The second-order valence-electron chi connectivity index (χ2n) is 8.68. The standard InChI is InChI=1S/C22H29N3O3/c1-28-19-5-3-2-4-18(19)23-10-12-24(13-11-23)22(27)20-16-8-9-17(14-16)25(20)21(26)15-6-7-15/h2-5,15-17,20H,6-14H2,1H3. The number of likely N-dealkylation sites (tertiary alicyclic amines) is 1. The number of benzene rings is 1. The predicted octanol–water partition coefficient (Wildman–Crippen LogP) is 2.13. The van der Waals surface area contributed by atoms with E-state index in [4.69, 9.17) is 4.74 Å². The monoisotopic (exact) mass is 383 g/mol. The van der Waals surface area contributed by atoms with Crippen molar-refractivity contribution in [3.63, 3.8) is 0 Å². The highest BCUT2D eigenvalue weighted by molar-refractivity contribution is 5.91. The van der Waals surface area contributed by atoms with Crippen molar-refractivity contribution < 1.29 is 14.3 Å². The van der Waals surface area contributed by atoms with E-state index in [1.165, 1.54) is 0 Å². The quantitative estimate of drug-likeness (QED) is 0.799. The van der Waals surface area contributed by atoms with Crippen molar-refractivity contribution in [3.8, 4) is 5.75 Å². The number of ether oxygens (including phenoxy) is 1. The van der Waals surface area contributed by atoms with Crippen LogP contribution >= 0.6 is 0 Å². The van der Waals surface area contributed by atoms with Gasteiger partial charge in [-0.1, -0.05) is 12.1 Å². The van der Waals surface area contributed by atoms with E-state index in [1.807, 2.05) is 28.0 Å². The predicted molar refractivity (Wildman–Crippen MR) is 106 cm³/mol. The van der Waals surface area contributed by atoms with Crippen molar-refractivity contribution >= 4 is 17.5 Å². The van der Waals surface area contributed by atoms with Gasteiger partial charge in [-0.3, -0.25) is 9.59 Å². The zero-order valence-corrected chi connectivity index (χ0v) is 16.5. The first-order chi connectivity index (χ1) is 13.7. The minimum Gasteiger partial charge on any atom is -0.495 e. The van der Waals surface area contributed by atoms with Crippen LogP contribution in [-0.2, 0) is 9.59 Å². The fourth-order valence-corrected chi connectivity index (χ4v) is 5.41. The molecule has 1 aromatic carbocycles. The second kappa shape index (κ2) is 6.98. The molecule has 6 heteroatoms. The third-order valence-corrected chi connectivity index (χ3v) is 7.04. The van der Waals surface area contributed by atoms with Gasteiger partial charge in [-0.05, 0) is 50.2 Å². The summed E-state index contributed by atoms with van der Waals surface area (Å²) in [5.41, 5.74) is 1.09. The molecule has 2 aliphatic carbocycles. The number of para-hydroxylation sites is 2. The minimum atomic E-state index is -0.204. The van der Waals surface area contributed by atoms with Gasteiger partial charge in [0, 0.05) is 38.1 Å². The summed E-state index contributed by atoms with van der Waals surface area (Å²) in [6.07, 6.45) is 5.21. The van der Waals surface area contributed by atoms with Gasteiger partial charge in [0.1, 0.15) is 11.8 Å². The lowest BCUT2D eigenvalue weighted by molar-refractivity contribution is -0.149. The maximum atomic E-state index is 13.4. The molecule has 28 heavy (non-hydrogen) atoms. The number of fused-ring (bicyclic) bond motifs is 2. The molecular formula is C22H29N3O3. The Kier molecular flexibility index (Phi) is 4.44. The summed E-state index contributed by atoms with van der Waals surface area (Å²) in [6, 6.07) is 8.15. The molecule has 2 saturated heterocycles. The molecule has 2 bridgehead atoms. The number of hydrogen-bond donors (Lipinski definition) is 0. The Balaban J connectivity index is 1.27. The number of methoxy groups -OCH3 is 1. The molecule has 4 aliphatic rings. The minimum absolute atomic E-state index is 0.181. The van der Waals surface area contributed by atoms with Crippen LogP contribution in [-0.4, -0.2) is 67.0 Å². The van der Waals surface area contributed by atoms with Gasteiger partial charge >= 0.3 is 0 Å². The summed E-state index contributed by atoms with van der Waals surface area (Å²) >= 11 is 0. The van der Waals surface area contributed by atoms with E-state index >= 15 is 0 Å². The summed E-state index contributed by atoms with van der Waals surface area (Å²) in [5.74, 6) is 1.86. The van der Waals surface area contributed by atoms with Gasteiger partial charge in [-0.15, -0.1) is 0 Å². The molecule has 2 aliphatic heterocycles. The number of nitrogens with zero attached hydrogens (tertiary/aromatic N) is 3. The highest BCUT2D eigenvalue weighted by Gasteiger charge is 2.54. The van der Waals surface area contributed by atoms with Crippen molar-refractivity contribution in [2.24, 2.45) is 11.8 Å². The summed E-state index contributed by atoms with van der Waals surface area (Å²) in [6.45, 7) is 3.00. The smallest absolute Gasteiger partial charge is 0.245 e. The first-order valence-electron chi connectivity index (χ1n) is 10.7. The van der Waals surface area contributed by atoms with Gasteiger partial charge in [0.05, 0.1) is 12.8 Å². The van der Waals surface area contributed by atoms with E-state index in [0.29, 0.717) is 25.0 Å². The largest absolute Gasteiger partial charge is 0.495 e. The van der Waals surface area contributed by atoms with Crippen molar-refractivity contribution in [1.82, 2.24) is 9.80 Å². The van der Waals surface area contributed by atoms with Crippen molar-refractivity contribution in [3.05, 3.63) is 24.3 Å². The Hall–Kier alpha value is -2.24. The fourth-order valence-electron chi connectivity index (χ4n) is 5.41. The van der Waals surface area contributed by atoms with E-state index in [-0.39, 0.29) is 23.8 Å². The molecule has 3 atom stereocenters. The summed E-state index contributed by atoms with van der Waals surface area (Å²) in [7, 11) is 1.69. The zero-order chi connectivity index (χ0) is 19.3. The molecule has 6 nitrogen and oxygen atoms in total. The van der Waals surface area contributed by atoms with Crippen LogP contribution in [0.1, 0.15) is 32.1 Å². The molecule has 0 N–H and O–H groups in total. The molecule has 0 spiro atoms. The van der Waals surface area contributed by atoms with Crippen LogP contribution in [0.3, 0.4) is 0 Å². The Morgan fingerprint density at radius 3 is 2.43 bits per heavy atom. The van der Waals surface area contributed by atoms with E-state index in [9.17, 15) is 9.59 Å². The SMILES string of the molecule is COc1ccccc1N1CCN(C(=O)C2C3CCC(C3)N2C(=O)C2CC2)CC1. The first kappa shape index (κ1) is 17.8. The van der Waals surface area contributed by atoms with E-state index in [1.54, 1.807) is 7.11 Å². The molecule has 0 aromatic heterocycles. The molecule has 4 fully saturated rings. The third-order valence-electron chi connectivity index (χ3n) is 7.04. The number of carbonyl (C=O) groups excluding carboxylic acids is 2. The number of anilines is 1. The van der Waals surface area contributed by atoms with Gasteiger partial charge < -0.3 is 19.4 Å². The average molecular weight is 383 g/mol. The summed E-state index contributed by atoms with van der Waals surface area (Å²) in [5, 5.41) is 0. The molecule has 2 heterocycles. The second-order valence-corrected chi connectivity index (χ2v) is 8.68. The molecular weight excluding hydrogens is 354 g/mol. The molecule has 5 rings (SSSR count). The van der Waals surface area contributed by atoms with Gasteiger partial charge in [0.15, 0.2) is 0 Å². The normalized spacial score (nSPS) is 29.3. The van der Waals surface area contributed by atoms with Crippen molar-refractivity contribution in [2.45, 2.75) is 44.2 Å². The maximum Gasteiger partial charge on any atom is 0.245 e. The molecule has 0 radical (unpaired) electrons. The Morgan fingerprint density at radius 2 is 1.71 bits per heavy atom. The highest BCUT2D eigenvalue weighted by Crippen LogP contribution is 2.46. The number of piperazine rings is 1. The molecule has 2 saturated carbocycles. The first-order valence-corrected chi connectivity index (χ1v) is 10.7. The summed E-state index contributed by atoms with van der Waals surface area (Å²) < 4.78 is 5.49. The Bertz CT molecular complexity index is 770. The number of piperidine rings is 1. The lowest BCUT2D eigenvalue weighted by Gasteiger charge is -2.41. The van der Waals surface area contributed by atoms with Gasteiger partial charge in [0.2, 0.25) is 11.8 Å². The van der Waals surface area contributed by atoms with Gasteiger partial charge in [-0.25, -0.2) is 0 Å². The van der Waals surface area contributed by atoms with E-state index < -0.39 is 0 Å². The van der Waals surface area contributed by atoms with Crippen LogP contribution in [0, 0.1) is 11.8 Å². The fraction of sp³-hybridized carbons (Fsp3) is 0.636. The lowest BCUT2D eigenvalue weighted by atomic mass is 9.96. The lowest BCUT2D eigenvalue weighted by Crippen LogP contribution is -2.58. The van der Waals surface area contributed by atoms with E-state index in [2.05, 4.69) is 11.0 Å². The molecule has 150 valence electrons. The Labute approximate surface area is 166 Å². The molecule has 3 unspecified atom stereocenters. The number of amides is 2. The molecule has 1 aromatic rings. The van der Waals surface area contributed by atoms with Crippen LogP contribution in [0.2, 0.25) is 0 Å². The van der Waals surface area contributed by atoms with Gasteiger partial charge in [0.25, 0.3) is 0 Å². The topological polar surface area (TPSA) is 53.1 Å². The number of carbonyl (C=O) groups is 2. The van der Waals surface area contributed by atoms with Crippen LogP contribution in [0.25, 0.3) is 0 Å². The maximum absolute atomic E-state index is 13.4. The Morgan fingerprint density at radius 1 is 0.964 bits per heavy atom. The van der Waals surface area contributed by atoms with E-state index in [0.717, 1.165) is 56.6 Å². The van der Waals surface area contributed by atoms with Crippen molar-refractivity contribution in [1.29, 1.82) is 0 Å². The highest BCUT2D eigenvalue weighted by atomic mass is 16.5. The number of hydrogen-bond acceptors (Lipinski definition) is 4.